The number of nitrogens with one attached hydrogen (secondary N) is 2. The third-order valence-electron chi connectivity index (χ3n) is 2.62. The van der Waals surface area contributed by atoms with Crippen molar-refractivity contribution < 1.29 is 8.42 Å². The average Bonchev–Trinajstić information content (AvgIpc) is 2.97. The highest BCUT2D eigenvalue weighted by Crippen LogP contribution is 2.26. The summed E-state index contributed by atoms with van der Waals surface area (Å²) in [5, 5.41) is 10.2. The molecule has 2 aromatic rings. The third-order valence-corrected chi connectivity index (χ3v) is 4.60. The summed E-state index contributed by atoms with van der Waals surface area (Å²) in [4.78, 5) is 0.200. The molecule has 2 N–H and O–H groups in total. The van der Waals surface area contributed by atoms with E-state index >= 15 is 0 Å². The first-order valence-corrected chi connectivity index (χ1v) is 7.45. The van der Waals surface area contributed by atoms with Crippen molar-refractivity contribution in [3.05, 3.63) is 23.8 Å². The van der Waals surface area contributed by atoms with Gasteiger partial charge in [-0.3, -0.25) is 4.72 Å². The first kappa shape index (κ1) is 11.4. The van der Waals surface area contributed by atoms with Crippen LogP contribution in [0.4, 0.5) is 10.8 Å². The molecule has 3 rings (SSSR count). The van der Waals surface area contributed by atoms with Crippen molar-refractivity contribution in [3.8, 4) is 0 Å². The van der Waals surface area contributed by atoms with E-state index in [-0.39, 0.29) is 10.0 Å². The van der Waals surface area contributed by atoms with Crippen molar-refractivity contribution in [2.75, 3.05) is 16.6 Å². The quantitative estimate of drug-likeness (QED) is 0.860. The minimum Gasteiger partial charge on any atom is -0.384 e. The van der Waals surface area contributed by atoms with Crippen LogP contribution in [0.5, 0.6) is 0 Å². The predicted octanol–water partition coefficient (Wildman–Crippen LogP) is 0.702. The van der Waals surface area contributed by atoms with Crippen LogP contribution in [0.3, 0.4) is 0 Å². The number of benzene rings is 1. The molecule has 0 radical (unpaired) electrons. The standard InChI is InChI=1S/C9H9N5O2S2/c15-18(16,12-9-11-13-14-17-9)7-2-1-6-3-4-10-8(6)5-7/h1-2,5,10H,3-4H2,(H,11,12,14). The first-order chi connectivity index (χ1) is 8.65. The van der Waals surface area contributed by atoms with Gasteiger partial charge in [-0.15, -0.1) is 0 Å². The number of nitrogens with zero attached hydrogens (tertiary/aromatic N) is 3. The lowest BCUT2D eigenvalue weighted by Crippen LogP contribution is -2.13. The molecule has 1 aromatic heterocycles. The van der Waals surface area contributed by atoms with Crippen molar-refractivity contribution >= 4 is 32.4 Å². The highest BCUT2D eigenvalue weighted by atomic mass is 32.2. The first-order valence-electron chi connectivity index (χ1n) is 5.20. The molecule has 9 heteroatoms. The van der Waals surface area contributed by atoms with Crippen LogP contribution in [0.2, 0.25) is 0 Å². The molecular formula is C9H9N5O2S2. The van der Waals surface area contributed by atoms with Gasteiger partial charge in [0.05, 0.1) is 4.90 Å². The third kappa shape index (κ3) is 2.02. The zero-order chi connectivity index (χ0) is 12.6. The number of hydrogen-bond donors (Lipinski definition) is 2. The van der Waals surface area contributed by atoms with E-state index in [2.05, 4.69) is 24.8 Å². The molecule has 7 nitrogen and oxygen atoms in total. The van der Waals surface area contributed by atoms with Crippen LogP contribution in [0.25, 0.3) is 0 Å². The number of hydrogen-bond acceptors (Lipinski definition) is 7. The fourth-order valence-electron chi connectivity index (χ4n) is 1.78. The number of aromatic nitrogens is 3. The summed E-state index contributed by atoms with van der Waals surface area (Å²) in [6, 6.07) is 5.03. The fourth-order valence-corrected chi connectivity index (χ4v) is 3.39. The molecule has 1 aliphatic heterocycles. The second kappa shape index (κ2) is 4.18. The summed E-state index contributed by atoms with van der Waals surface area (Å²) in [5.41, 5.74) is 2.00. The van der Waals surface area contributed by atoms with Crippen LogP contribution in [0, 0.1) is 0 Å². The largest absolute Gasteiger partial charge is 0.384 e. The van der Waals surface area contributed by atoms with Gasteiger partial charge in [0.25, 0.3) is 10.0 Å². The minimum atomic E-state index is -3.63. The second-order valence-electron chi connectivity index (χ2n) is 3.77. The Morgan fingerprint density at radius 3 is 3.06 bits per heavy atom. The maximum Gasteiger partial charge on any atom is 0.263 e. The van der Waals surface area contributed by atoms with Crippen molar-refractivity contribution in [2.45, 2.75) is 11.3 Å². The lowest BCUT2D eigenvalue weighted by molar-refractivity contribution is 0.601. The average molecular weight is 283 g/mol. The molecule has 0 atom stereocenters. The summed E-state index contributed by atoms with van der Waals surface area (Å²) in [6.07, 6.45) is 0.920. The molecule has 2 heterocycles. The molecule has 94 valence electrons. The highest BCUT2D eigenvalue weighted by molar-refractivity contribution is 7.93. The zero-order valence-corrected chi connectivity index (χ0v) is 10.8. The molecule has 0 saturated carbocycles. The van der Waals surface area contributed by atoms with Gasteiger partial charge < -0.3 is 5.32 Å². The maximum atomic E-state index is 12.1. The van der Waals surface area contributed by atoms with E-state index in [1.165, 1.54) is 0 Å². The van der Waals surface area contributed by atoms with Gasteiger partial charge in [0.2, 0.25) is 5.13 Å². The van der Waals surface area contributed by atoms with Gasteiger partial charge in [0, 0.05) is 23.8 Å². The van der Waals surface area contributed by atoms with Crippen molar-refractivity contribution in [1.29, 1.82) is 0 Å². The van der Waals surface area contributed by atoms with Gasteiger partial charge in [0.15, 0.2) is 0 Å². The molecule has 0 amide bonds. The van der Waals surface area contributed by atoms with Gasteiger partial charge in [-0.25, -0.2) is 8.42 Å². The van der Waals surface area contributed by atoms with Crippen LogP contribution in [-0.4, -0.2) is 29.8 Å². The fraction of sp³-hybridized carbons (Fsp3) is 0.222. The Kier molecular flexibility index (Phi) is 2.63. The van der Waals surface area contributed by atoms with Gasteiger partial charge >= 0.3 is 0 Å². The summed E-state index contributed by atoms with van der Waals surface area (Å²) in [6.45, 7) is 0.840. The SMILES string of the molecule is O=S(=O)(Nc1nnns1)c1ccc2c(c1)NCC2. The van der Waals surface area contributed by atoms with E-state index in [0.29, 0.717) is 0 Å². The summed E-state index contributed by atoms with van der Waals surface area (Å²) in [7, 11) is -3.63. The highest BCUT2D eigenvalue weighted by Gasteiger charge is 2.19. The molecular weight excluding hydrogens is 274 g/mol. The molecule has 0 fully saturated rings. The predicted molar refractivity (Wildman–Crippen MR) is 67.1 cm³/mol. The second-order valence-corrected chi connectivity index (χ2v) is 6.18. The van der Waals surface area contributed by atoms with E-state index in [9.17, 15) is 8.42 Å². The van der Waals surface area contributed by atoms with Gasteiger partial charge in [-0.2, -0.15) is 0 Å². The van der Waals surface area contributed by atoms with Gasteiger partial charge in [-0.05, 0) is 29.3 Å². The molecule has 18 heavy (non-hydrogen) atoms. The lowest BCUT2D eigenvalue weighted by atomic mass is 10.2. The Balaban J connectivity index is 1.94. The van der Waals surface area contributed by atoms with Crippen LogP contribution >= 0.6 is 11.5 Å². The monoisotopic (exact) mass is 283 g/mol. The Hall–Kier alpha value is -1.74. The van der Waals surface area contributed by atoms with Crippen molar-refractivity contribution in [1.82, 2.24) is 14.8 Å². The molecule has 1 aromatic carbocycles. The zero-order valence-electron chi connectivity index (χ0n) is 9.12. The number of anilines is 2. The topological polar surface area (TPSA) is 96.9 Å². The van der Waals surface area contributed by atoms with E-state index in [1.54, 1.807) is 12.1 Å². The number of rotatable bonds is 3. The van der Waals surface area contributed by atoms with Crippen LogP contribution in [0.15, 0.2) is 23.1 Å². The van der Waals surface area contributed by atoms with Gasteiger partial charge in [-0.1, -0.05) is 15.7 Å². The lowest BCUT2D eigenvalue weighted by Gasteiger charge is -2.06. The van der Waals surface area contributed by atoms with Crippen LogP contribution in [-0.2, 0) is 16.4 Å². The molecule has 0 aliphatic carbocycles. The maximum absolute atomic E-state index is 12.1. The summed E-state index contributed by atoms with van der Waals surface area (Å²) in [5.74, 6) is 0. The summed E-state index contributed by atoms with van der Waals surface area (Å²) >= 11 is 0.892. The van der Waals surface area contributed by atoms with Crippen LogP contribution < -0.4 is 10.0 Å². The van der Waals surface area contributed by atoms with Crippen molar-refractivity contribution in [3.63, 3.8) is 0 Å². The Morgan fingerprint density at radius 1 is 1.39 bits per heavy atom. The van der Waals surface area contributed by atoms with E-state index < -0.39 is 10.0 Å². The molecule has 0 saturated heterocycles. The van der Waals surface area contributed by atoms with Gasteiger partial charge in [0.1, 0.15) is 0 Å². The normalized spacial score (nSPS) is 14.0. The molecule has 1 aliphatic rings. The molecule has 0 unspecified atom stereocenters. The number of fused-ring (bicyclic) bond motifs is 1. The Labute approximate surface area is 107 Å². The Bertz CT molecular complexity index is 668. The summed E-state index contributed by atoms with van der Waals surface area (Å²) < 4.78 is 30.0. The van der Waals surface area contributed by atoms with Crippen LogP contribution in [0.1, 0.15) is 5.56 Å². The molecule has 0 spiro atoms. The van der Waals surface area contributed by atoms with E-state index in [4.69, 9.17) is 0 Å². The van der Waals surface area contributed by atoms with E-state index in [1.807, 2.05) is 6.07 Å². The smallest absolute Gasteiger partial charge is 0.263 e. The van der Waals surface area contributed by atoms with E-state index in [0.717, 1.165) is 35.7 Å². The minimum absolute atomic E-state index is 0.156. The Morgan fingerprint density at radius 2 is 2.28 bits per heavy atom. The van der Waals surface area contributed by atoms with Crippen molar-refractivity contribution in [2.24, 2.45) is 0 Å². The molecule has 0 bridgehead atoms. The number of sulfonamides is 1.